The van der Waals surface area contributed by atoms with Gasteiger partial charge in [-0.1, -0.05) is 10.4 Å². The number of rotatable bonds is 2. The van der Waals surface area contributed by atoms with Gasteiger partial charge in [0.2, 0.25) is 0 Å². The van der Waals surface area contributed by atoms with Gasteiger partial charge < -0.3 is 9.42 Å². The van der Waals surface area contributed by atoms with Crippen LogP contribution in [-0.4, -0.2) is 44.0 Å². The topological polar surface area (TPSA) is 77.1 Å². The van der Waals surface area contributed by atoms with E-state index in [0.717, 1.165) is 12.8 Å². The van der Waals surface area contributed by atoms with Gasteiger partial charge in [0.1, 0.15) is 5.76 Å². The number of aryl methyl sites for hydroxylation is 1. The second-order valence-corrected chi connectivity index (χ2v) is 4.73. The summed E-state index contributed by atoms with van der Waals surface area (Å²) in [5.41, 5.74) is 0.386. The van der Waals surface area contributed by atoms with Gasteiger partial charge in [0, 0.05) is 25.4 Å². The lowest BCUT2D eigenvalue weighted by Crippen LogP contribution is -2.39. The highest BCUT2D eigenvalue weighted by atomic mass is 16.5. The van der Waals surface area contributed by atoms with Crippen LogP contribution in [0.25, 0.3) is 0 Å². The maximum absolute atomic E-state index is 12.2. The van der Waals surface area contributed by atoms with E-state index in [1.54, 1.807) is 19.2 Å². The number of likely N-dealkylation sites (tertiary alicyclic amines) is 1. The molecule has 0 N–H and O–H groups in total. The average Bonchev–Trinajstić information content (AvgIpc) is 3.09. The van der Waals surface area contributed by atoms with Crippen molar-refractivity contribution in [2.75, 3.05) is 13.1 Å². The monoisotopic (exact) mass is 261 g/mol. The molecule has 1 aliphatic rings. The third kappa shape index (κ3) is 2.35. The molecule has 0 saturated carbocycles. The Morgan fingerprint density at radius 3 is 2.79 bits per heavy atom. The van der Waals surface area contributed by atoms with Crippen LogP contribution in [0, 0.1) is 6.92 Å². The van der Waals surface area contributed by atoms with Crippen LogP contribution in [0.2, 0.25) is 0 Å². The first-order chi connectivity index (χ1) is 9.24. The summed E-state index contributed by atoms with van der Waals surface area (Å²) >= 11 is 0. The zero-order valence-electron chi connectivity index (χ0n) is 10.7. The number of piperidine rings is 1. The molecule has 1 aliphatic heterocycles. The van der Waals surface area contributed by atoms with E-state index in [0.29, 0.717) is 30.6 Å². The van der Waals surface area contributed by atoms with Gasteiger partial charge in [-0.3, -0.25) is 4.79 Å². The summed E-state index contributed by atoms with van der Waals surface area (Å²) in [6.45, 7) is 3.19. The molecule has 3 heterocycles. The lowest BCUT2D eigenvalue weighted by atomic mass is 10.0. The number of hydrogen-bond acceptors (Lipinski definition) is 5. The third-order valence-electron chi connectivity index (χ3n) is 3.41. The molecule has 1 saturated heterocycles. The van der Waals surface area contributed by atoms with E-state index in [1.807, 2.05) is 15.8 Å². The van der Waals surface area contributed by atoms with Crippen LogP contribution in [0.15, 0.2) is 23.0 Å². The second-order valence-electron chi connectivity index (χ2n) is 4.73. The van der Waals surface area contributed by atoms with Crippen molar-refractivity contribution < 1.29 is 9.32 Å². The largest absolute Gasteiger partial charge is 0.361 e. The molecule has 1 fully saturated rings. The Morgan fingerprint density at radius 2 is 2.21 bits per heavy atom. The minimum Gasteiger partial charge on any atom is -0.361 e. The van der Waals surface area contributed by atoms with Crippen molar-refractivity contribution in [2.24, 2.45) is 0 Å². The van der Waals surface area contributed by atoms with Crippen molar-refractivity contribution in [3.8, 4) is 0 Å². The van der Waals surface area contributed by atoms with Gasteiger partial charge in [0.05, 0.1) is 12.2 Å². The molecule has 0 spiro atoms. The van der Waals surface area contributed by atoms with E-state index in [-0.39, 0.29) is 5.91 Å². The van der Waals surface area contributed by atoms with Crippen LogP contribution in [0.1, 0.15) is 35.1 Å². The van der Waals surface area contributed by atoms with Crippen molar-refractivity contribution in [1.29, 1.82) is 0 Å². The first-order valence-corrected chi connectivity index (χ1v) is 6.32. The maximum Gasteiger partial charge on any atom is 0.276 e. The van der Waals surface area contributed by atoms with Gasteiger partial charge in [-0.2, -0.15) is 0 Å². The maximum atomic E-state index is 12.2. The molecule has 0 unspecified atom stereocenters. The first kappa shape index (κ1) is 11.9. The summed E-state index contributed by atoms with van der Waals surface area (Å²) < 4.78 is 6.80. The Morgan fingerprint density at radius 1 is 1.42 bits per heavy atom. The minimum absolute atomic E-state index is 0.0612. The molecule has 0 aromatic carbocycles. The van der Waals surface area contributed by atoms with Gasteiger partial charge in [-0.15, -0.1) is 5.10 Å². The van der Waals surface area contributed by atoms with Crippen LogP contribution >= 0.6 is 0 Å². The predicted molar refractivity (Wildman–Crippen MR) is 65.4 cm³/mol. The van der Waals surface area contributed by atoms with E-state index in [2.05, 4.69) is 15.5 Å². The van der Waals surface area contributed by atoms with E-state index in [4.69, 9.17) is 4.52 Å². The van der Waals surface area contributed by atoms with E-state index in [1.165, 1.54) is 0 Å². The zero-order chi connectivity index (χ0) is 13.2. The average molecular weight is 261 g/mol. The Kier molecular flexibility index (Phi) is 3.02. The molecule has 7 nitrogen and oxygen atoms in total. The van der Waals surface area contributed by atoms with Crippen molar-refractivity contribution in [3.63, 3.8) is 0 Å². The highest BCUT2D eigenvalue weighted by molar-refractivity contribution is 5.92. The van der Waals surface area contributed by atoms with Crippen molar-refractivity contribution in [1.82, 2.24) is 25.1 Å². The number of hydrogen-bond donors (Lipinski definition) is 0. The quantitative estimate of drug-likeness (QED) is 0.807. The molecule has 0 aliphatic carbocycles. The Hall–Kier alpha value is -2.18. The van der Waals surface area contributed by atoms with Gasteiger partial charge in [0.15, 0.2) is 5.69 Å². The molecule has 19 heavy (non-hydrogen) atoms. The number of aromatic nitrogens is 4. The molecule has 0 bridgehead atoms. The third-order valence-corrected chi connectivity index (χ3v) is 3.41. The molecular formula is C12H15N5O2. The molecule has 0 radical (unpaired) electrons. The van der Waals surface area contributed by atoms with Crippen LogP contribution in [0.3, 0.4) is 0 Å². The van der Waals surface area contributed by atoms with Crippen molar-refractivity contribution in [2.45, 2.75) is 25.8 Å². The molecule has 100 valence electrons. The lowest BCUT2D eigenvalue weighted by molar-refractivity contribution is 0.0679. The highest BCUT2D eigenvalue weighted by Crippen LogP contribution is 2.22. The molecule has 7 heteroatoms. The number of carbonyl (C=O) groups is 1. The summed E-state index contributed by atoms with van der Waals surface area (Å²) in [5, 5.41) is 11.6. The summed E-state index contributed by atoms with van der Waals surface area (Å²) in [4.78, 5) is 14.0. The molecular weight excluding hydrogens is 246 g/mol. The van der Waals surface area contributed by atoms with Crippen LogP contribution < -0.4 is 0 Å². The highest BCUT2D eigenvalue weighted by Gasteiger charge is 2.26. The number of carbonyl (C=O) groups excluding carboxylic acids is 1. The van der Waals surface area contributed by atoms with E-state index >= 15 is 0 Å². The molecule has 2 aromatic heterocycles. The van der Waals surface area contributed by atoms with Gasteiger partial charge in [0.25, 0.3) is 5.91 Å². The Bertz CT molecular complexity index is 554. The van der Waals surface area contributed by atoms with E-state index < -0.39 is 0 Å². The SMILES string of the molecule is Cc1cc(C(=O)N2CCC(n3ccnn3)CC2)no1. The van der Waals surface area contributed by atoms with Crippen molar-refractivity contribution in [3.05, 3.63) is 29.9 Å². The predicted octanol–water partition coefficient (Wildman–Crippen LogP) is 1.05. The molecule has 2 aromatic rings. The van der Waals surface area contributed by atoms with Crippen LogP contribution in [0.4, 0.5) is 0 Å². The minimum atomic E-state index is -0.0612. The summed E-state index contributed by atoms with van der Waals surface area (Å²) in [7, 11) is 0. The number of nitrogens with zero attached hydrogens (tertiary/aromatic N) is 5. The Balaban J connectivity index is 1.62. The van der Waals surface area contributed by atoms with Crippen LogP contribution in [-0.2, 0) is 0 Å². The summed E-state index contributed by atoms with van der Waals surface area (Å²) in [6, 6.07) is 2.00. The smallest absolute Gasteiger partial charge is 0.276 e. The fraction of sp³-hybridized carbons (Fsp3) is 0.500. The first-order valence-electron chi connectivity index (χ1n) is 6.32. The number of amides is 1. The Labute approximate surface area is 110 Å². The summed E-state index contributed by atoms with van der Waals surface area (Å²) in [6.07, 6.45) is 5.30. The summed E-state index contributed by atoms with van der Waals surface area (Å²) in [5.74, 6) is 0.592. The van der Waals surface area contributed by atoms with Gasteiger partial charge in [-0.25, -0.2) is 4.68 Å². The molecule has 3 rings (SSSR count). The standard InChI is InChI=1S/C12H15N5O2/c1-9-8-11(14-19-9)12(18)16-5-2-10(3-6-16)17-7-4-13-15-17/h4,7-8,10H,2-3,5-6H2,1H3. The van der Waals surface area contributed by atoms with Gasteiger partial charge in [-0.05, 0) is 19.8 Å². The van der Waals surface area contributed by atoms with E-state index in [9.17, 15) is 4.79 Å². The zero-order valence-corrected chi connectivity index (χ0v) is 10.7. The van der Waals surface area contributed by atoms with Crippen molar-refractivity contribution >= 4 is 5.91 Å². The normalized spacial score (nSPS) is 16.8. The fourth-order valence-electron chi connectivity index (χ4n) is 2.37. The van der Waals surface area contributed by atoms with Gasteiger partial charge >= 0.3 is 0 Å². The lowest BCUT2D eigenvalue weighted by Gasteiger charge is -2.31. The molecule has 0 atom stereocenters. The second kappa shape index (κ2) is 4.83. The van der Waals surface area contributed by atoms with Crippen LogP contribution in [0.5, 0.6) is 0 Å². The fourth-order valence-corrected chi connectivity index (χ4v) is 2.37. The molecule has 1 amide bonds.